The molecule has 0 aromatic rings. The third-order valence-electron chi connectivity index (χ3n) is 2.84. The van der Waals surface area contributed by atoms with Crippen LogP contribution >= 0.6 is 0 Å². The van der Waals surface area contributed by atoms with Crippen LogP contribution in [0.4, 0.5) is 0 Å². The molecule has 16 heavy (non-hydrogen) atoms. The lowest BCUT2D eigenvalue weighted by atomic mass is 9.95. The average Bonchev–Trinajstić information content (AvgIpc) is 2.29. The molecule has 0 aromatic heterocycles. The van der Waals surface area contributed by atoms with E-state index in [0.717, 1.165) is 17.8 Å². The number of hydrogen-bond donors (Lipinski definition) is 1. The lowest BCUT2D eigenvalue weighted by Crippen LogP contribution is -2.35. The molecule has 0 saturated heterocycles. The fraction of sp³-hybridized carbons (Fsp3) is 0.167. The summed E-state index contributed by atoms with van der Waals surface area (Å²) in [6.07, 6.45) is 10.8. The van der Waals surface area contributed by atoms with Gasteiger partial charge in [-0.25, -0.2) is 4.99 Å². The van der Waals surface area contributed by atoms with E-state index in [-0.39, 0.29) is 0 Å². The van der Waals surface area contributed by atoms with Crippen LogP contribution in [-0.4, -0.2) is 23.2 Å². The number of rotatable bonds is 1. The van der Waals surface area contributed by atoms with Crippen LogP contribution in [0.2, 0.25) is 0 Å². The van der Waals surface area contributed by atoms with Crippen LogP contribution < -0.4 is 5.73 Å². The first-order valence-electron chi connectivity index (χ1n) is 5.17. The standard InChI is InChI=1S/C12H11N3O/c13-11(16)10-4-5-15-7-8-2-1-3-9(6-8)12(15)14-10/h1-4,7H,5-6H2,(H2,13,16). The number of fused-ring (bicyclic) bond motifs is 4. The Morgan fingerprint density at radius 3 is 3.19 bits per heavy atom. The zero-order chi connectivity index (χ0) is 11.1. The fourth-order valence-electron chi connectivity index (χ4n) is 2.09. The smallest absolute Gasteiger partial charge is 0.267 e. The molecule has 0 fully saturated rings. The molecule has 4 heteroatoms. The molecule has 0 spiro atoms. The Morgan fingerprint density at radius 1 is 1.50 bits per heavy atom. The van der Waals surface area contributed by atoms with Crippen LogP contribution in [0.1, 0.15) is 6.42 Å². The largest absolute Gasteiger partial charge is 0.364 e. The Kier molecular flexibility index (Phi) is 1.83. The fourth-order valence-corrected chi connectivity index (χ4v) is 2.09. The number of nitrogens with two attached hydrogens (primary N) is 1. The summed E-state index contributed by atoms with van der Waals surface area (Å²) in [6, 6.07) is 0. The molecule has 80 valence electrons. The molecule has 0 radical (unpaired) electrons. The van der Waals surface area contributed by atoms with Crippen molar-refractivity contribution >= 4 is 11.7 Å². The predicted molar refractivity (Wildman–Crippen MR) is 61.3 cm³/mol. The summed E-state index contributed by atoms with van der Waals surface area (Å²) in [6.45, 7) is 0.659. The molecule has 3 aliphatic rings. The highest BCUT2D eigenvalue weighted by Crippen LogP contribution is 2.28. The Bertz CT molecular complexity index is 520. The van der Waals surface area contributed by atoms with Gasteiger partial charge in [-0.15, -0.1) is 0 Å². The van der Waals surface area contributed by atoms with E-state index in [1.54, 1.807) is 6.08 Å². The van der Waals surface area contributed by atoms with Crippen LogP contribution in [0, 0.1) is 0 Å². The van der Waals surface area contributed by atoms with Gasteiger partial charge in [-0.3, -0.25) is 4.79 Å². The number of amidine groups is 1. The van der Waals surface area contributed by atoms with Crippen LogP contribution in [0.5, 0.6) is 0 Å². The van der Waals surface area contributed by atoms with Gasteiger partial charge in [0.2, 0.25) is 0 Å². The van der Waals surface area contributed by atoms with Crippen molar-refractivity contribution in [3.63, 3.8) is 0 Å². The quantitative estimate of drug-likeness (QED) is 0.702. The minimum atomic E-state index is -0.464. The summed E-state index contributed by atoms with van der Waals surface area (Å²) in [4.78, 5) is 17.4. The van der Waals surface area contributed by atoms with Crippen LogP contribution in [-0.2, 0) is 4.79 Å². The normalized spacial score (nSPS) is 21.6. The summed E-state index contributed by atoms with van der Waals surface area (Å²) in [5.74, 6) is 0.387. The number of carbonyl (C=O) groups excluding carboxylic acids is 1. The molecule has 0 unspecified atom stereocenters. The van der Waals surface area contributed by atoms with Gasteiger partial charge < -0.3 is 10.6 Å². The molecule has 2 heterocycles. The van der Waals surface area contributed by atoms with Crippen molar-refractivity contribution in [2.75, 3.05) is 6.54 Å². The van der Waals surface area contributed by atoms with Gasteiger partial charge in [0.25, 0.3) is 5.91 Å². The molecular weight excluding hydrogens is 202 g/mol. The maximum Gasteiger partial charge on any atom is 0.267 e. The Labute approximate surface area is 93.1 Å². The van der Waals surface area contributed by atoms with E-state index in [2.05, 4.69) is 17.3 Å². The zero-order valence-corrected chi connectivity index (χ0v) is 8.68. The summed E-state index contributed by atoms with van der Waals surface area (Å²) in [7, 11) is 0. The highest BCUT2D eigenvalue weighted by atomic mass is 16.1. The molecular formula is C12H11N3O. The van der Waals surface area contributed by atoms with E-state index in [9.17, 15) is 4.79 Å². The van der Waals surface area contributed by atoms with Crippen LogP contribution in [0.25, 0.3) is 0 Å². The van der Waals surface area contributed by atoms with Gasteiger partial charge in [0.15, 0.2) is 0 Å². The van der Waals surface area contributed by atoms with Gasteiger partial charge in [-0.1, -0.05) is 18.2 Å². The molecule has 2 aliphatic heterocycles. The molecule has 0 atom stereocenters. The monoisotopic (exact) mass is 213 g/mol. The van der Waals surface area contributed by atoms with Gasteiger partial charge in [0.1, 0.15) is 11.5 Å². The average molecular weight is 213 g/mol. The molecule has 2 N–H and O–H groups in total. The molecule has 1 aliphatic carbocycles. The van der Waals surface area contributed by atoms with Gasteiger partial charge >= 0.3 is 0 Å². The molecule has 2 bridgehead atoms. The third-order valence-corrected chi connectivity index (χ3v) is 2.84. The highest BCUT2D eigenvalue weighted by molar-refractivity contribution is 6.06. The predicted octanol–water partition coefficient (Wildman–Crippen LogP) is 0.854. The molecule has 3 rings (SSSR count). The van der Waals surface area contributed by atoms with E-state index in [1.165, 1.54) is 5.57 Å². The molecule has 4 nitrogen and oxygen atoms in total. The Morgan fingerprint density at radius 2 is 2.38 bits per heavy atom. The number of primary amides is 1. The van der Waals surface area contributed by atoms with Crippen molar-refractivity contribution in [1.82, 2.24) is 4.90 Å². The maximum absolute atomic E-state index is 11.1. The minimum absolute atomic E-state index is 0.360. The number of amides is 1. The molecule has 1 amide bonds. The van der Waals surface area contributed by atoms with Crippen LogP contribution in [0.3, 0.4) is 0 Å². The van der Waals surface area contributed by atoms with Crippen molar-refractivity contribution in [2.45, 2.75) is 6.42 Å². The number of carbonyl (C=O) groups is 1. The van der Waals surface area contributed by atoms with E-state index in [1.807, 2.05) is 17.1 Å². The van der Waals surface area contributed by atoms with Gasteiger partial charge in [-0.2, -0.15) is 0 Å². The second kappa shape index (κ2) is 3.20. The number of hydrogen-bond acceptors (Lipinski definition) is 3. The topological polar surface area (TPSA) is 58.7 Å². The summed E-state index contributed by atoms with van der Waals surface area (Å²) in [5.41, 5.74) is 8.01. The first-order valence-corrected chi connectivity index (χ1v) is 5.17. The van der Waals surface area contributed by atoms with Crippen molar-refractivity contribution in [3.05, 3.63) is 47.3 Å². The van der Waals surface area contributed by atoms with Gasteiger partial charge in [0.05, 0.1) is 0 Å². The lowest BCUT2D eigenvalue weighted by molar-refractivity contribution is -0.114. The van der Waals surface area contributed by atoms with E-state index >= 15 is 0 Å². The van der Waals surface area contributed by atoms with Crippen molar-refractivity contribution in [3.8, 4) is 0 Å². The lowest BCUT2D eigenvalue weighted by Gasteiger charge is -2.32. The zero-order valence-electron chi connectivity index (χ0n) is 8.68. The van der Waals surface area contributed by atoms with Crippen molar-refractivity contribution < 1.29 is 4.79 Å². The van der Waals surface area contributed by atoms with Gasteiger partial charge in [0, 0.05) is 19.2 Å². The number of allylic oxidation sites excluding steroid dienone is 4. The van der Waals surface area contributed by atoms with Crippen molar-refractivity contribution in [2.24, 2.45) is 10.7 Å². The summed E-state index contributed by atoms with van der Waals surface area (Å²) in [5, 5.41) is 0. The molecule has 0 saturated carbocycles. The molecule has 0 aromatic carbocycles. The second-order valence-corrected chi connectivity index (χ2v) is 3.97. The summed E-state index contributed by atoms with van der Waals surface area (Å²) >= 11 is 0. The first-order chi connectivity index (χ1) is 7.74. The van der Waals surface area contributed by atoms with Crippen molar-refractivity contribution in [1.29, 1.82) is 0 Å². The number of nitrogens with zero attached hydrogens (tertiary/aromatic N) is 2. The first kappa shape index (κ1) is 9.15. The number of aliphatic imine (C=N–C) groups is 1. The second-order valence-electron chi connectivity index (χ2n) is 3.97. The maximum atomic E-state index is 11.1. The Hall–Kier alpha value is -2.10. The van der Waals surface area contributed by atoms with E-state index < -0.39 is 5.91 Å². The minimum Gasteiger partial charge on any atom is -0.364 e. The Balaban J connectivity index is 2.07. The highest BCUT2D eigenvalue weighted by Gasteiger charge is 2.25. The van der Waals surface area contributed by atoms with Crippen LogP contribution in [0.15, 0.2) is 52.3 Å². The van der Waals surface area contributed by atoms with E-state index in [0.29, 0.717) is 12.2 Å². The van der Waals surface area contributed by atoms with E-state index in [4.69, 9.17) is 5.73 Å². The summed E-state index contributed by atoms with van der Waals surface area (Å²) < 4.78 is 0. The SMILES string of the molecule is NC(=O)C1=CCN2C=C3C=CC=C(C3)C2=N1. The third kappa shape index (κ3) is 1.31. The van der Waals surface area contributed by atoms with Gasteiger partial charge in [-0.05, 0) is 17.2 Å².